The van der Waals surface area contributed by atoms with E-state index in [9.17, 15) is 14.7 Å². The minimum Gasteiger partial charge on any atom is -0.390 e. The molecule has 0 radical (unpaired) electrons. The van der Waals surface area contributed by atoms with Gasteiger partial charge in [0, 0.05) is 11.6 Å². The number of urea groups is 1. The average Bonchev–Trinajstić information content (AvgIpc) is 3.09. The Bertz CT molecular complexity index is 906. The molecule has 0 saturated heterocycles. The molecule has 188 valence electrons. The third-order valence-corrected chi connectivity index (χ3v) is 10.5. The van der Waals surface area contributed by atoms with Crippen molar-refractivity contribution in [2.45, 2.75) is 95.7 Å². The molecule has 1 aromatic rings. The molecule has 33 heavy (non-hydrogen) atoms. The number of carbonyl (C=O) groups excluding carboxylic acids is 2. The van der Waals surface area contributed by atoms with E-state index in [-0.39, 0.29) is 28.6 Å². The van der Waals surface area contributed by atoms with E-state index in [1.807, 2.05) is 27.7 Å². The Balaban J connectivity index is 1.78. The van der Waals surface area contributed by atoms with Crippen LogP contribution in [-0.4, -0.2) is 67.3 Å². The van der Waals surface area contributed by atoms with Crippen molar-refractivity contribution in [2.24, 2.45) is 5.92 Å². The summed E-state index contributed by atoms with van der Waals surface area (Å²) in [6, 6.07) is -0.336. The van der Waals surface area contributed by atoms with Crippen LogP contribution in [0.15, 0.2) is 0 Å². The van der Waals surface area contributed by atoms with Gasteiger partial charge in [-0.15, -0.1) is 0 Å². The summed E-state index contributed by atoms with van der Waals surface area (Å²) in [6.07, 6.45) is 10.00. The number of aliphatic hydroxyl groups is 1. The zero-order chi connectivity index (χ0) is 25.0. The molecule has 1 aliphatic carbocycles. The quantitative estimate of drug-likeness (QED) is 0.473. The number of aromatic nitrogens is 2. The molecule has 1 aliphatic heterocycles. The zero-order valence-corrected chi connectivity index (χ0v) is 22.6. The van der Waals surface area contributed by atoms with Crippen molar-refractivity contribution < 1.29 is 14.7 Å². The number of hydrogen-bond donors (Lipinski definition) is 4. The lowest BCUT2D eigenvalue weighted by molar-refractivity contribution is -0.120. The number of amides is 3. The smallest absolute Gasteiger partial charge is 0.318 e. The van der Waals surface area contributed by atoms with E-state index in [2.05, 4.69) is 39.6 Å². The van der Waals surface area contributed by atoms with Gasteiger partial charge < -0.3 is 20.6 Å². The normalized spacial score (nSPS) is 20.8. The van der Waals surface area contributed by atoms with E-state index in [1.165, 1.54) is 0 Å². The molecule has 1 atom stereocenters. The first-order chi connectivity index (χ1) is 15.0. The van der Waals surface area contributed by atoms with Gasteiger partial charge in [0.2, 0.25) is 5.91 Å². The standard InChI is InChI=1S/C24H43N5O3S/c1-15(2)17(13-22(3,4)32)25-21(31)29-14-16-18(23(29,5)6)27-28-19(16)26-20(30)24(11-10-12-24)33(7,8)9/h15,17,32H,10-14H2,1-9H3,(H,25,31)(H2,26,27,28,30). The van der Waals surface area contributed by atoms with Crippen LogP contribution in [0, 0.1) is 5.92 Å². The van der Waals surface area contributed by atoms with Gasteiger partial charge in [-0.3, -0.25) is 9.89 Å². The van der Waals surface area contributed by atoms with Crippen LogP contribution in [0.1, 0.15) is 78.5 Å². The summed E-state index contributed by atoms with van der Waals surface area (Å²) in [5.41, 5.74) is 0.239. The molecule has 4 N–H and O–H groups in total. The minimum absolute atomic E-state index is 0.0521. The van der Waals surface area contributed by atoms with E-state index in [4.69, 9.17) is 0 Å². The molecule has 0 spiro atoms. The fourth-order valence-corrected chi connectivity index (χ4v) is 7.13. The number of hydrogen-bond acceptors (Lipinski definition) is 4. The lowest BCUT2D eigenvalue weighted by atomic mass is 9.83. The number of nitrogens with zero attached hydrogens (tertiary/aromatic N) is 2. The van der Waals surface area contributed by atoms with Gasteiger partial charge in [0.15, 0.2) is 5.82 Å². The first-order valence-corrected chi connectivity index (χ1v) is 14.7. The first kappa shape index (κ1) is 25.9. The summed E-state index contributed by atoms with van der Waals surface area (Å²) in [5, 5.41) is 24.0. The Morgan fingerprint density at radius 1 is 1.24 bits per heavy atom. The highest BCUT2D eigenvalue weighted by atomic mass is 32.3. The third kappa shape index (κ3) is 4.76. The molecule has 1 saturated carbocycles. The van der Waals surface area contributed by atoms with Crippen LogP contribution in [-0.2, 0) is 16.9 Å². The number of nitrogens with one attached hydrogen (secondary N) is 3. The van der Waals surface area contributed by atoms with E-state index in [0.29, 0.717) is 18.8 Å². The summed E-state index contributed by atoms with van der Waals surface area (Å²) in [7, 11) is -1.07. The van der Waals surface area contributed by atoms with Gasteiger partial charge in [-0.25, -0.2) is 14.8 Å². The molecule has 2 heterocycles. The summed E-state index contributed by atoms with van der Waals surface area (Å²) >= 11 is 0. The Kier molecular flexibility index (Phi) is 6.65. The van der Waals surface area contributed by atoms with Gasteiger partial charge in [0.1, 0.15) is 0 Å². The lowest BCUT2D eigenvalue weighted by Gasteiger charge is -2.53. The Morgan fingerprint density at radius 3 is 2.30 bits per heavy atom. The Morgan fingerprint density at radius 2 is 1.85 bits per heavy atom. The van der Waals surface area contributed by atoms with Crippen LogP contribution in [0.3, 0.4) is 0 Å². The predicted octanol–water partition coefficient (Wildman–Crippen LogP) is 3.91. The number of fused-ring (bicyclic) bond motifs is 1. The maximum absolute atomic E-state index is 13.3. The van der Waals surface area contributed by atoms with Crippen LogP contribution in [0.25, 0.3) is 0 Å². The maximum Gasteiger partial charge on any atom is 0.318 e. The zero-order valence-electron chi connectivity index (χ0n) is 21.8. The van der Waals surface area contributed by atoms with Gasteiger partial charge >= 0.3 is 6.03 Å². The van der Waals surface area contributed by atoms with Crippen molar-refractivity contribution >= 4 is 27.8 Å². The molecular weight excluding hydrogens is 438 g/mol. The first-order valence-electron chi connectivity index (χ1n) is 11.9. The van der Waals surface area contributed by atoms with Crippen LogP contribution >= 0.6 is 10.0 Å². The maximum atomic E-state index is 13.3. The summed E-state index contributed by atoms with van der Waals surface area (Å²) in [4.78, 5) is 28.4. The largest absolute Gasteiger partial charge is 0.390 e. The van der Waals surface area contributed by atoms with Crippen molar-refractivity contribution in [3.63, 3.8) is 0 Å². The summed E-state index contributed by atoms with van der Waals surface area (Å²) in [5.74, 6) is 0.764. The van der Waals surface area contributed by atoms with Crippen molar-refractivity contribution in [1.29, 1.82) is 0 Å². The van der Waals surface area contributed by atoms with E-state index in [0.717, 1.165) is 30.5 Å². The second kappa shape index (κ2) is 8.48. The molecule has 3 amide bonds. The van der Waals surface area contributed by atoms with Crippen LogP contribution in [0.4, 0.5) is 10.6 Å². The molecule has 8 nitrogen and oxygen atoms in total. The van der Waals surface area contributed by atoms with Gasteiger partial charge in [-0.05, 0) is 78.1 Å². The average molecular weight is 482 g/mol. The minimum atomic E-state index is -1.07. The molecule has 1 aromatic heterocycles. The Hall–Kier alpha value is -1.74. The molecule has 1 unspecified atom stereocenters. The summed E-state index contributed by atoms with van der Waals surface area (Å²) in [6.45, 7) is 11.9. The molecule has 3 rings (SSSR count). The molecule has 0 aromatic carbocycles. The third-order valence-electron chi connectivity index (χ3n) is 7.53. The highest BCUT2D eigenvalue weighted by Gasteiger charge is 2.51. The van der Waals surface area contributed by atoms with Gasteiger partial charge in [0.05, 0.1) is 28.1 Å². The number of H-pyrrole nitrogens is 1. The SMILES string of the molecule is CC(C)C(CC(C)(C)O)NC(=O)N1Cc2c(NC(=O)C3(S(C)(C)C)CCC3)n[nH]c2C1(C)C. The van der Waals surface area contributed by atoms with Gasteiger partial charge in [-0.1, -0.05) is 13.8 Å². The lowest BCUT2D eigenvalue weighted by Crippen LogP contribution is -2.52. The molecule has 0 bridgehead atoms. The fourth-order valence-electron chi connectivity index (χ4n) is 5.01. The van der Waals surface area contributed by atoms with E-state index < -0.39 is 21.2 Å². The van der Waals surface area contributed by atoms with Gasteiger partial charge in [-0.2, -0.15) is 5.10 Å². The second-order valence-electron chi connectivity index (χ2n) is 12.0. The van der Waals surface area contributed by atoms with Crippen LogP contribution in [0.5, 0.6) is 0 Å². The number of carbonyl (C=O) groups is 2. The Labute approximate surface area is 200 Å². The van der Waals surface area contributed by atoms with Crippen molar-refractivity contribution in [2.75, 3.05) is 24.1 Å². The highest BCUT2D eigenvalue weighted by Crippen LogP contribution is 2.60. The summed E-state index contributed by atoms with van der Waals surface area (Å²) < 4.78 is -0.300. The highest BCUT2D eigenvalue weighted by molar-refractivity contribution is 8.33. The van der Waals surface area contributed by atoms with Crippen molar-refractivity contribution in [3.05, 3.63) is 11.3 Å². The van der Waals surface area contributed by atoms with Crippen LogP contribution in [0.2, 0.25) is 0 Å². The van der Waals surface area contributed by atoms with Crippen molar-refractivity contribution in [3.8, 4) is 0 Å². The number of aromatic amines is 1. The fraction of sp³-hybridized carbons (Fsp3) is 0.792. The van der Waals surface area contributed by atoms with Crippen LogP contribution < -0.4 is 10.6 Å². The molecule has 2 aliphatic rings. The second-order valence-corrected chi connectivity index (χ2v) is 16.5. The molecule has 1 fully saturated rings. The number of anilines is 1. The number of rotatable bonds is 7. The predicted molar refractivity (Wildman–Crippen MR) is 136 cm³/mol. The monoisotopic (exact) mass is 481 g/mol. The van der Waals surface area contributed by atoms with Gasteiger partial charge in [0.25, 0.3) is 0 Å². The van der Waals surface area contributed by atoms with E-state index >= 15 is 0 Å². The van der Waals surface area contributed by atoms with E-state index in [1.54, 1.807) is 18.7 Å². The topological polar surface area (TPSA) is 110 Å². The van der Waals surface area contributed by atoms with Crippen molar-refractivity contribution in [1.82, 2.24) is 20.4 Å². The molecular formula is C24H43N5O3S. The molecule has 9 heteroatoms.